The van der Waals surface area contributed by atoms with Gasteiger partial charge in [0.1, 0.15) is 0 Å². The second-order valence-electron chi connectivity index (χ2n) is 5.45. The summed E-state index contributed by atoms with van der Waals surface area (Å²) in [6, 6.07) is 0. The van der Waals surface area contributed by atoms with E-state index in [9.17, 15) is 9.90 Å². The number of carboxylic acid groups (broad SMARTS) is 1. The normalized spacial score (nSPS) is 34.7. The highest BCUT2D eigenvalue weighted by Gasteiger charge is 2.55. The van der Waals surface area contributed by atoms with Crippen LogP contribution in [-0.2, 0) is 4.79 Å². The third-order valence-electron chi connectivity index (χ3n) is 4.34. The van der Waals surface area contributed by atoms with Crippen LogP contribution in [0.5, 0.6) is 0 Å². The zero-order chi connectivity index (χ0) is 11.7. The van der Waals surface area contributed by atoms with Crippen molar-refractivity contribution >= 4 is 5.97 Å². The minimum absolute atomic E-state index is 0.134. The van der Waals surface area contributed by atoms with Gasteiger partial charge in [0.05, 0.1) is 5.41 Å². The molecule has 0 unspecified atom stereocenters. The van der Waals surface area contributed by atoms with Crippen molar-refractivity contribution in [1.82, 2.24) is 0 Å². The molecule has 2 heteroatoms. The second kappa shape index (κ2) is 3.99. The van der Waals surface area contributed by atoms with E-state index in [0.717, 1.165) is 19.3 Å². The van der Waals surface area contributed by atoms with E-state index in [2.05, 4.69) is 27.4 Å². The van der Waals surface area contributed by atoms with Gasteiger partial charge in [-0.15, -0.1) is 6.58 Å². The molecule has 0 aromatic heterocycles. The number of carbonyl (C=O) groups is 1. The lowest BCUT2D eigenvalue weighted by atomic mass is 9.52. The fourth-order valence-corrected chi connectivity index (χ4v) is 3.28. The Bertz CT molecular complexity index is 268. The van der Waals surface area contributed by atoms with Crippen molar-refractivity contribution in [2.45, 2.75) is 46.5 Å². The zero-order valence-corrected chi connectivity index (χ0v) is 10.0. The standard InChI is InChI=1S/C13H22O2/c1-5-8-13(11(14)15)10(2)7-6-9-12(13,3)4/h5,10H,1,6-9H2,2-4H3,(H,14,15)/t10-,13-/m0/s1. The maximum Gasteiger partial charge on any atom is 0.310 e. The molecule has 1 aliphatic rings. The van der Waals surface area contributed by atoms with Gasteiger partial charge in [0.15, 0.2) is 0 Å². The summed E-state index contributed by atoms with van der Waals surface area (Å²) in [6.07, 6.45) is 5.50. The average Bonchev–Trinajstić information content (AvgIpc) is 2.10. The molecule has 0 radical (unpaired) electrons. The van der Waals surface area contributed by atoms with E-state index < -0.39 is 11.4 Å². The molecular formula is C13H22O2. The molecule has 0 bridgehead atoms. The van der Waals surface area contributed by atoms with Crippen LogP contribution in [0.1, 0.15) is 46.5 Å². The smallest absolute Gasteiger partial charge is 0.310 e. The van der Waals surface area contributed by atoms with Crippen molar-refractivity contribution in [3.63, 3.8) is 0 Å². The van der Waals surface area contributed by atoms with Crippen LogP contribution >= 0.6 is 0 Å². The first-order valence-corrected chi connectivity index (χ1v) is 5.73. The van der Waals surface area contributed by atoms with Crippen LogP contribution in [-0.4, -0.2) is 11.1 Å². The highest BCUT2D eigenvalue weighted by Crippen LogP contribution is 2.55. The molecular weight excluding hydrogens is 188 g/mol. The molecule has 0 heterocycles. The van der Waals surface area contributed by atoms with Gasteiger partial charge in [-0.1, -0.05) is 33.3 Å². The number of aliphatic carboxylic acids is 1. The van der Waals surface area contributed by atoms with Crippen molar-refractivity contribution in [2.24, 2.45) is 16.7 Å². The second-order valence-corrected chi connectivity index (χ2v) is 5.45. The van der Waals surface area contributed by atoms with E-state index in [1.54, 1.807) is 6.08 Å². The Morgan fingerprint density at radius 1 is 1.60 bits per heavy atom. The molecule has 0 spiro atoms. The van der Waals surface area contributed by atoms with Crippen LogP contribution in [0.2, 0.25) is 0 Å². The topological polar surface area (TPSA) is 37.3 Å². The summed E-state index contributed by atoms with van der Waals surface area (Å²) >= 11 is 0. The van der Waals surface area contributed by atoms with E-state index in [1.165, 1.54) is 0 Å². The number of hydrogen-bond acceptors (Lipinski definition) is 1. The van der Waals surface area contributed by atoms with Crippen molar-refractivity contribution < 1.29 is 9.90 Å². The summed E-state index contributed by atoms with van der Waals surface area (Å²) in [6.45, 7) is 9.95. The van der Waals surface area contributed by atoms with Gasteiger partial charge in [-0.05, 0) is 30.6 Å². The quantitative estimate of drug-likeness (QED) is 0.724. The lowest BCUT2D eigenvalue weighted by molar-refractivity contribution is -0.167. The lowest BCUT2D eigenvalue weighted by Crippen LogP contribution is -2.51. The van der Waals surface area contributed by atoms with E-state index >= 15 is 0 Å². The molecule has 0 saturated heterocycles. The molecule has 0 amide bonds. The predicted octanol–water partition coefficient (Wildman–Crippen LogP) is 3.48. The zero-order valence-electron chi connectivity index (χ0n) is 10.0. The number of rotatable bonds is 3. The first kappa shape index (κ1) is 12.3. The Kier molecular flexibility index (Phi) is 3.27. The monoisotopic (exact) mass is 210 g/mol. The van der Waals surface area contributed by atoms with Crippen molar-refractivity contribution in [3.8, 4) is 0 Å². The molecule has 1 fully saturated rings. The van der Waals surface area contributed by atoms with Gasteiger partial charge in [0.2, 0.25) is 0 Å². The largest absolute Gasteiger partial charge is 0.481 e. The summed E-state index contributed by atoms with van der Waals surface area (Å²) in [7, 11) is 0. The Morgan fingerprint density at radius 3 is 2.60 bits per heavy atom. The molecule has 2 atom stereocenters. The Balaban J connectivity index is 3.18. The highest BCUT2D eigenvalue weighted by atomic mass is 16.4. The Morgan fingerprint density at radius 2 is 2.20 bits per heavy atom. The van der Waals surface area contributed by atoms with Crippen LogP contribution in [0.4, 0.5) is 0 Å². The molecule has 1 N–H and O–H groups in total. The van der Waals surface area contributed by atoms with E-state index in [1.807, 2.05) is 0 Å². The minimum atomic E-state index is -0.653. The summed E-state index contributed by atoms with van der Waals surface area (Å²) in [5.74, 6) is -0.420. The van der Waals surface area contributed by atoms with E-state index in [4.69, 9.17) is 0 Å². The van der Waals surface area contributed by atoms with E-state index in [-0.39, 0.29) is 11.3 Å². The van der Waals surface area contributed by atoms with E-state index in [0.29, 0.717) is 6.42 Å². The molecule has 2 nitrogen and oxygen atoms in total. The van der Waals surface area contributed by atoms with Gasteiger partial charge < -0.3 is 5.11 Å². The molecule has 86 valence electrons. The van der Waals surface area contributed by atoms with Gasteiger partial charge in [-0.3, -0.25) is 4.79 Å². The van der Waals surface area contributed by atoms with Crippen LogP contribution < -0.4 is 0 Å². The first-order chi connectivity index (χ1) is 6.88. The fraction of sp³-hybridized carbons (Fsp3) is 0.769. The van der Waals surface area contributed by atoms with Crippen molar-refractivity contribution in [2.75, 3.05) is 0 Å². The maximum absolute atomic E-state index is 11.6. The molecule has 0 aromatic carbocycles. The predicted molar refractivity (Wildman–Crippen MR) is 61.7 cm³/mol. The molecule has 15 heavy (non-hydrogen) atoms. The van der Waals surface area contributed by atoms with Gasteiger partial charge in [-0.25, -0.2) is 0 Å². The molecule has 1 aliphatic carbocycles. The molecule has 1 saturated carbocycles. The summed E-state index contributed by atoms with van der Waals surface area (Å²) < 4.78 is 0. The summed E-state index contributed by atoms with van der Waals surface area (Å²) in [5.41, 5.74) is -0.752. The fourth-order valence-electron chi connectivity index (χ4n) is 3.28. The SMILES string of the molecule is C=CC[C@@]1(C(=O)O)[C@@H](C)CCCC1(C)C. The minimum Gasteiger partial charge on any atom is -0.481 e. The summed E-state index contributed by atoms with van der Waals surface area (Å²) in [5, 5.41) is 9.58. The van der Waals surface area contributed by atoms with Gasteiger partial charge in [0.25, 0.3) is 0 Å². The number of carboxylic acids is 1. The van der Waals surface area contributed by atoms with Crippen LogP contribution in [0.3, 0.4) is 0 Å². The third-order valence-corrected chi connectivity index (χ3v) is 4.34. The van der Waals surface area contributed by atoms with Crippen molar-refractivity contribution in [3.05, 3.63) is 12.7 Å². The lowest BCUT2D eigenvalue weighted by Gasteiger charge is -2.51. The molecule has 0 aliphatic heterocycles. The first-order valence-electron chi connectivity index (χ1n) is 5.73. The number of allylic oxidation sites excluding steroid dienone is 1. The van der Waals surface area contributed by atoms with Crippen molar-refractivity contribution in [1.29, 1.82) is 0 Å². The van der Waals surface area contributed by atoms with Gasteiger partial charge >= 0.3 is 5.97 Å². The average molecular weight is 210 g/mol. The van der Waals surface area contributed by atoms with Crippen LogP contribution in [0.15, 0.2) is 12.7 Å². The highest BCUT2D eigenvalue weighted by molar-refractivity contribution is 5.76. The van der Waals surface area contributed by atoms with Crippen LogP contribution in [0.25, 0.3) is 0 Å². The summed E-state index contributed by atoms with van der Waals surface area (Å²) in [4.78, 5) is 11.6. The molecule has 0 aromatic rings. The van der Waals surface area contributed by atoms with Gasteiger partial charge in [0, 0.05) is 0 Å². The van der Waals surface area contributed by atoms with Gasteiger partial charge in [-0.2, -0.15) is 0 Å². The van der Waals surface area contributed by atoms with Crippen LogP contribution in [0, 0.1) is 16.7 Å². The molecule has 1 rings (SSSR count). The maximum atomic E-state index is 11.6. The Hall–Kier alpha value is -0.790. The third kappa shape index (κ3) is 1.70. The number of hydrogen-bond donors (Lipinski definition) is 1. The Labute approximate surface area is 92.4 Å².